The molecule has 0 spiro atoms. The molecule has 0 bridgehead atoms. The van der Waals surface area contributed by atoms with Crippen LogP contribution in [-0.2, 0) is 6.42 Å². The first-order valence-corrected chi connectivity index (χ1v) is 9.25. The molecule has 1 heterocycles. The quantitative estimate of drug-likeness (QED) is 0.603. The molecule has 0 amide bonds. The first kappa shape index (κ1) is 14.9. The fourth-order valence-corrected chi connectivity index (χ4v) is 5.30. The maximum Gasteiger partial charge on any atom is 0.0701 e. The third-order valence-electron chi connectivity index (χ3n) is 3.40. The zero-order valence-corrected chi connectivity index (χ0v) is 13.7. The van der Waals surface area contributed by atoms with Crippen molar-refractivity contribution in [1.29, 1.82) is 0 Å². The Bertz CT molecular complexity index is 351. The van der Waals surface area contributed by atoms with E-state index in [9.17, 15) is 0 Å². The average Bonchev–Trinajstić information content (AvgIpc) is 2.81. The van der Waals surface area contributed by atoms with E-state index in [1.165, 1.54) is 40.8 Å². The fraction of sp³-hybridized carbons (Fsp3) is 0.692. The fourth-order valence-electron chi connectivity index (χ4n) is 2.35. The van der Waals surface area contributed by atoms with E-state index in [2.05, 4.69) is 45.3 Å². The van der Waals surface area contributed by atoms with Crippen molar-refractivity contribution in [3.8, 4) is 0 Å². The van der Waals surface area contributed by atoms with E-state index in [1.54, 1.807) is 11.3 Å². The van der Waals surface area contributed by atoms with E-state index < -0.39 is 0 Å². The highest BCUT2D eigenvalue weighted by Gasteiger charge is 2.16. The molecule has 1 fully saturated rings. The van der Waals surface area contributed by atoms with Gasteiger partial charge in [-0.1, -0.05) is 19.3 Å². The summed E-state index contributed by atoms with van der Waals surface area (Å²) in [6.07, 6.45) is 8.08. The molecular formula is C13H21BrN2S2. The summed E-state index contributed by atoms with van der Waals surface area (Å²) in [5, 5.41) is 0.865. The molecule has 1 aliphatic carbocycles. The van der Waals surface area contributed by atoms with Crippen molar-refractivity contribution in [3.63, 3.8) is 0 Å². The number of nitrogens with one attached hydrogen (secondary N) is 1. The normalized spacial score (nSPS) is 19.0. The van der Waals surface area contributed by atoms with Crippen molar-refractivity contribution in [3.05, 3.63) is 20.8 Å². The topological polar surface area (TPSA) is 38.0 Å². The molecule has 1 saturated carbocycles. The first-order valence-electron chi connectivity index (χ1n) is 6.60. The molecule has 0 aliphatic heterocycles. The molecule has 0 aromatic carbocycles. The second-order valence-corrected chi connectivity index (χ2v) is 8.75. The first-order chi connectivity index (χ1) is 8.78. The summed E-state index contributed by atoms with van der Waals surface area (Å²) in [4.78, 5) is 1.40. The second-order valence-electron chi connectivity index (χ2n) is 4.87. The summed E-state index contributed by atoms with van der Waals surface area (Å²) in [6, 6.07) is 4.69. The molecule has 2 rings (SSSR count). The van der Waals surface area contributed by atoms with Crippen molar-refractivity contribution >= 4 is 39.0 Å². The molecule has 18 heavy (non-hydrogen) atoms. The van der Waals surface area contributed by atoms with Crippen LogP contribution >= 0.6 is 39.0 Å². The predicted molar refractivity (Wildman–Crippen MR) is 86.2 cm³/mol. The number of rotatable bonds is 6. The zero-order valence-electron chi connectivity index (χ0n) is 10.5. The molecule has 2 nitrogen and oxygen atoms in total. The number of hydrogen-bond acceptors (Lipinski definition) is 4. The van der Waals surface area contributed by atoms with E-state index in [1.807, 2.05) is 0 Å². The van der Waals surface area contributed by atoms with Gasteiger partial charge in [-0.15, -0.1) is 11.3 Å². The SMILES string of the molecule is NNC(CSC1CCCCC1)Cc1ccc(Br)s1. The molecule has 102 valence electrons. The molecule has 3 N–H and O–H groups in total. The Hall–Kier alpha value is 0.450. The lowest BCUT2D eigenvalue weighted by Crippen LogP contribution is -2.39. The van der Waals surface area contributed by atoms with Crippen molar-refractivity contribution < 1.29 is 0 Å². The third-order valence-corrected chi connectivity index (χ3v) is 6.58. The molecule has 1 aromatic heterocycles. The van der Waals surface area contributed by atoms with Crippen LogP contribution in [0.2, 0.25) is 0 Å². The van der Waals surface area contributed by atoms with E-state index >= 15 is 0 Å². The van der Waals surface area contributed by atoms with E-state index in [-0.39, 0.29) is 0 Å². The van der Waals surface area contributed by atoms with Crippen LogP contribution < -0.4 is 11.3 Å². The maximum absolute atomic E-state index is 5.67. The number of nitrogens with two attached hydrogens (primary N) is 1. The van der Waals surface area contributed by atoms with Gasteiger partial charge in [0.2, 0.25) is 0 Å². The van der Waals surface area contributed by atoms with Crippen LogP contribution in [0, 0.1) is 0 Å². The third kappa shape index (κ3) is 4.85. The Kier molecular flexibility index (Phi) is 6.52. The average molecular weight is 349 g/mol. The van der Waals surface area contributed by atoms with Gasteiger partial charge in [-0.05, 0) is 47.3 Å². The van der Waals surface area contributed by atoms with Gasteiger partial charge in [0, 0.05) is 21.9 Å². The van der Waals surface area contributed by atoms with Gasteiger partial charge in [-0.3, -0.25) is 11.3 Å². The standard InChI is InChI=1S/C13H21BrN2S2/c14-13-7-6-12(18-13)8-10(16-15)9-17-11-4-2-1-3-5-11/h6-7,10-11,16H,1-5,8-9,15H2. The molecule has 5 heteroatoms. The van der Waals surface area contributed by atoms with Gasteiger partial charge >= 0.3 is 0 Å². The lowest BCUT2D eigenvalue weighted by atomic mass is 10.0. The van der Waals surface area contributed by atoms with Crippen LogP contribution in [0.1, 0.15) is 37.0 Å². The Morgan fingerprint density at radius 2 is 2.17 bits per heavy atom. The number of halogens is 1. The number of thioether (sulfide) groups is 1. The Balaban J connectivity index is 1.74. The van der Waals surface area contributed by atoms with Crippen LogP contribution in [0.25, 0.3) is 0 Å². The minimum atomic E-state index is 0.391. The zero-order chi connectivity index (χ0) is 12.8. The van der Waals surface area contributed by atoms with Crippen LogP contribution in [0.3, 0.4) is 0 Å². The smallest absolute Gasteiger partial charge is 0.0701 e. The van der Waals surface area contributed by atoms with Gasteiger partial charge < -0.3 is 0 Å². The van der Waals surface area contributed by atoms with Gasteiger partial charge in [-0.2, -0.15) is 11.8 Å². The van der Waals surface area contributed by atoms with Crippen molar-refractivity contribution in [1.82, 2.24) is 5.43 Å². The van der Waals surface area contributed by atoms with Crippen molar-refractivity contribution in [2.45, 2.75) is 49.8 Å². The van der Waals surface area contributed by atoms with Crippen LogP contribution in [0.5, 0.6) is 0 Å². The van der Waals surface area contributed by atoms with Crippen molar-refractivity contribution in [2.75, 3.05) is 5.75 Å². The molecule has 1 aliphatic rings. The minimum Gasteiger partial charge on any atom is -0.271 e. The lowest BCUT2D eigenvalue weighted by molar-refractivity contribution is 0.513. The molecule has 1 atom stereocenters. The Labute approximate surface area is 126 Å². The molecular weight excluding hydrogens is 328 g/mol. The maximum atomic E-state index is 5.67. The summed E-state index contributed by atoms with van der Waals surface area (Å²) >= 11 is 7.42. The summed E-state index contributed by atoms with van der Waals surface area (Å²) < 4.78 is 1.20. The summed E-state index contributed by atoms with van der Waals surface area (Å²) in [7, 11) is 0. The number of hydrogen-bond donors (Lipinski definition) is 2. The minimum absolute atomic E-state index is 0.391. The highest BCUT2D eigenvalue weighted by Crippen LogP contribution is 2.29. The van der Waals surface area contributed by atoms with Gasteiger partial charge in [0.05, 0.1) is 3.79 Å². The Morgan fingerprint density at radius 1 is 1.39 bits per heavy atom. The number of hydrazine groups is 1. The van der Waals surface area contributed by atoms with Gasteiger partial charge in [-0.25, -0.2) is 0 Å². The molecule has 1 aromatic rings. The van der Waals surface area contributed by atoms with E-state index in [0.29, 0.717) is 6.04 Å². The van der Waals surface area contributed by atoms with Gasteiger partial charge in [0.15, 0.2) is 0 Å². The van der Waals surface area contributed by atoms with E-state index in [4.69, 9.17) is 5.84 Å². The summed E-state index contributed by atoms with van der Waals surface area (Å²) in [6.45, 7) is 0. The van der Waals surface area contributed by atoms with Gasteiger partial charge in [0.25, 0.3) is 0 Å². The van der Waals surface area contributed by atoms with E-state index in [0.717, 1.165) is 17.4 Å². The molecule has 0 saturated heterocycles. The van der Waals surface area contributed by atoms with Crippen LogP contribution in [0.15, 0.2) is 15.9 Å². The Morgan fingerprint density at radius 3 is 2.78 bits per heavy atom. The second kappa shape index (κ2) is 7.90. The summed E-state index contributed by atoms with van der Waals surface area (Å²) in [5.74, 6) is 6.79. The largest absolute Gasteiger partial charge is 0.271 e. The van der Waals surface area contributed by atoms with Crippen molar-refractivity contribution in [2.24, 2.45) is 5.84 Å². The summed E-state index contributed by atoms with van der Waals surface area (Å²) in [5.41, 5.74) is 2.97. The monoisotopic (exact) mass is 348 g/mol. The highest BCUT2D eigenvalue weighted by molar-refractivity contribution is 9.11. The molecule has 1 unspecified atom stereocenters. The van der Waals surface area contributed by atoms with Gasteiger partial charge in [0.1, 0.15) is 0 Å². The van der Waals surface area contributed by atoms with Crippen LogP contribution in [-0.4, -0.2) is 17.0 Å². The lowest BCUT2D eigenvalue weighted by Gasteiger charge is -2.23. The molecule has 0 radical (unpaired) electrons. The van der Waals surface area contributed by atoms with Crippen LogP contribution in [0.4, 0.5) is 0 Å². The highest BCUT2D eigenvalue weighted by atomic mass is 79.9. The number of thiophene rings is 1. The predicted octanol–water partition coefficient (Wildman–Crippen LogP) is 3.95.